The van der Waals surface area contributed by atoms with Crippen LogP contribution >= 0.6 is 0 Å². The minimum absolute atomic E-state index is 0.122. The first-order valence-corrected chi connectivity index (χ1v) is 9.56. The molecule has 158 valence electrons. The molecule has 1 amide bonds. The van der Waals surface area contributed by atoms with E-state index in [-0.39, 0.29) is 43.5 Å². The summed E-state index contributed by atoms with van der Waals surface area (Å²) >= 11 is 0. The van der Waals surface area contributed by atoms with Gasteiger partial charge in [-0.15, -0.1) is 0 Å². The lowest BCUT2D eigenvalue weighted by atomic mass is 9.83. The van der Waals surface area contributed by atoms with Gasteiger partial charge in [0.05, 0.1) is 24.3 Å². The SMILES string of the molecule is C[C@H](N)[C@@H]1CC[C@@H](N)[C@@H](O[C@H]2[C@H](O)[C@H](N(C)C(=O)CCN)[C@@H](O)C[C@H]2N)O1. The molecule has 2 rings (SSSR count). The smallest absolute Gasteiger partial charge is 0.224 e. The van der Waals surface area contributed by atoms with Crippen LogP contribution in [0.15, 0.2) is 0 Å². The third kappa shape index (κ3) is 5.15. The predicted octanol–water partition coefficient (Wildman–Crippen LogP) is -2.82. The quantitative estimate of drug-likeness (QED) is 0.279. The maximum atomic E-state index is 12.2. The average molecular weight is 389 g/mol. The van der Waals surface area contributed by atoms with Crippen LogP contribution in [0.5, 0.6) is 0 Å². The number of carbonyl (C=O) groups is 1. The van der Waals surface area contributed by atoms with E-state index in [9.17, 15) is 15.0 Å². The van der Waals surface area contributed by atoms with Crippen molar-refractivity contribution < 1.29 is 24.5 Å². The van der Waals surface area contributed by atoms with E-state index in [2.05, 4.69) is 0 Å². The molecule has 2 fully saturated rings. The number of aliphatic hydroxyl groups excluding tert-OH is 2. The van der Waals surface area contributed by atoms with Crippen LogP contribution in [0.1, 0.15) is 32.6 Å². The number of carbonyl (C=O) groups excluding carboxylic acids is 1. The van der Waals surface area contributed by atoms with E-state index in [0.717, 1.165) is 6.42 Å². The van der Waals surface area contributed by atoms with E-state index in [1.165, 1.54) is 11.9 Å². The number of hydrogen-bond donors (Lipinski definition) is 6. The highest BCUT2D eigenvalue weighted by atomic mass is 16.7. The fourth-order valence-corrected chi connectivity index (χ4v) is 3.87. The van der Waals surface area contributed by atoms with Crippen LogP contribution in [0.3, 0.4) is 0 Å². The van der Waals surface area contributed by atoms with Crippen molar-refractivity contribution in [3.8, 4) is 0 Å². The Morgan fingerprint density at radius 1 is 1.30 bits per heavy atom. The van der Waals surface area contributed by atoms with Gasteiger partial charge in [-0.1, -0.05) is 0 Å². The number of likely N-dealkylation sites (N-methyl/N-ethyl adjacent to an activating group) is 1. The van der Waals surface area contributed by atoms with Gasteiger partial charge in [0, 0.05) is 32.1 Å². The lowest BCUT2D eigenvalue weighted by molar-refractivity contribution is -0.256. The molecule has 27 heavy (non-hydrogen) atoms. The molecule has 0 unspecified atom stereocenters. The molecule has 1 aliphatic heterocycles. The van der Waals surface area contributed by atoms with Crippen molar-refractivity contribution in [3.63, 3.8) is 0 Å². The van der Waals surface area contributed by atoms with E-state index < -0.39 is 36.7 Å². The van der Waals surface area contributed by atoms with E-state index in [4.69, 9.17) is 32.4 Å². The second-order valence-electron chi connectivity index (χ2n) is 7.74. The Morgan fingerprint density at radius 2 is 1.96 bits per heavy atom. The Kier molecular flexibility index (Phi) is 7.95. The Balaban J connectivity index is 2.11. The third-order valence-electron chi connectivity index (χ3n) is 5.54. The summed E-state index contributed by atoms with van der Waals surface area (Å²) in [4.78, 5) is 13.5. The Bertz CT molecular complexity index is 496. The molecule has 1 aliphatic carbocycles. The first-order chi connectivity index (χ1) is 12.7. The number of nitrogens with two attached hydrogens (primary N) is 4. The second kappa shape index (κ2) is 9.57. The third-order valence-corrected chi connectivity index (χ3v) is 5.54. The average Bonchev–Trinajstić information content (AvgIpc) is 2.59. The zero-order chi connectivity index (χ0) is 20.3. The number of aliphatic hydroxyl groups is 2. The van der Waals surface area contributed by atoms with Crippen LogP contribution < -0.4 is 22.9 Å². The monoisotopic (exact) mass is 389 g/mol. The summed E-state index contributed by atoms with van der Waals surface area (Å²) in [6, 6.07) is -2.03. The molecule has 1 heterocycles. The molecular formula is C17H35N5O5. The molecular weight excluding hydrogens is 354 g/mol. The topological polar surface area (TPSA) is 183 Å². The molecule has 1 saturated carbocycles. The number of hydrogen-bond acceptors (Lipinski definition) is 9. The number of rotatable bonds is 6. The lowest BCUT2D eigenvalue weighted by Crippen LogP contribution is -2.66. The van der Waals surface area contributed by atoms with Gasteiger partial charge in [-0.3, -0.25) is 4.79 Å². The molecule has 0 aromatic rings. The van der Waals surface area contributed by atoms with Crippen molar-refractivity contribution in [2.45, 2.75) is 87.5 Å². The minimum atomic E-state index is -1.19. The van der Waals surface area contributed by atoms with Gasteiger partial charge in [-0.2, -0.15) is 0 Å². The number of ether oxygens (including phenoxy) is 2. The highest BCUT2D eigenvalue weighted by Gasteiger charge is 2.47. The molecule has 0 aromatic heterocycles. The maximum absolute atomic E-state index is 12.2. The van der Waals surface area contributed by atoms with Crippen LogP contribution in [0, 0.1) is 0 Å². The summed E-state index contributed by atoms with van der Waals surface area (Å²) in [7, 11) is 1.53. The lowest BCUT2D eigenvalue weighted by Gasteiger charge is -2.47. The Hall–Kier alpha value is -0.850. The summed E-state index contributed by atoms with van der Waals surface area (Å²) in [5, 5.41) is 21.2. The van der Waals surface area contributed by atoms with Crippen LogP contribution in [-0.2, 0) is 14.3 Å². The number of nitrogens with zero attached hydrogens (tertiary/aromatic N) is 1. The highest BCUT2D eigenvalue weighted by molar-refractivity contribution is 5.76. The van der Waals surface area contributed by atoms with E-state index >= 15 is 0 Å². The van der Waals surface area contributed by atoms with Gasteiger partial charge in [0.15, 0.2) is 6.29 Å². The minimum Gasteiger partial charge on any atom is -0.391 e. The molecule has 0 aromatic carbocycles. The molecule has 10 nitrogen and oxygen atoms in total. The van der Waals surface area contributed by atoms with Crippen molar-refractivity contribution in [3.05, 3.63) is 0 Å². The fourth-order valence-electron chi connectivity index (χ4n) is 3.87. The van der Waals surface area contributed by atoms with E-state index in [1.807, 2.05) is 6.92 Å². The predicted molar refractivity (Wildman–Crippen MR) is 99.2 cm³/mol. The second-order valence-corrected chi connectivity index (χ2v) is 7.74. The summed E-state index contributed by atoms with van der Waals surface area (Å²) in [6.07, 6.45) is -2.26. The molecule has 1 saturated heterocycles. The number of amides is 1. The van der Waals surface area contributed by atoms with Crippen LogP contribution in [-0.4, -0.2) is 89.5 Å². The van der Waals surface area contributed by atoms with Gasteiger partial charge < -0.3 is 47.5 Å². The van der Waals surface area contributed by atoms with E-state index in [1.54, 1.807) is 0 Å². The summed E-state index contributed by atoms with van der Waals surface area (Å²) in [6.45, 7) is 2.04. The Morgan fingerprint density at radius 3 is 2.56 bits per heavy atom. The first kappa shape index (κ1) is 22.4. The Labute approximate surface area is 160 Å². The molecule has 10 N–H and O–H groups in total. The van der Waals surface area contributed by atoms with Crippen molar-refractivity contribution in [2.75, 3.05) is 13.6 Å². The van der Waals surface area contributed by atoms with Gasteiger partial charge in [-0.25, -0.2) is 0 Å². The van der Waals surface area contributed by atoms with Crippen LogP contribution in [0.4, 0.5) is 0 Å². The van der Waals surface area contributed by atoms with Gasteiger partial charge in [0.25, 0.3) is 0 Å². The molecule has 0 bridgehead atoms. The van der Waals surface area contributed by atoms with Gasteiger partial charge in [-0.05, 0) is 26.2 Å². The molecule has 2 aliphatic rings. The van der Waals surface area contributed by atoms with Crippen molar-refractivity contribution >= 4 is 5.91 Å². The first-order valence-electron chi connectivity index (χ1n) is 9.56. The zero-order valence-corrected chi connectivity index (χ0v) is 16.1. The summed E-state index contributed by atoms with van der Waals surface area (Å²) in [5.41, 5.74) is 23.6. The van der Waals surface area contributed by atoms with Gasteiger partial charge >= 0.3 is 0 Å². The normalized spacial score (nSPS) is 41.2. The molecule has 0 spiro atoms. The highest BCUT2D eigenvalue weighted by Crippen LogP contribution is 2.29. The van der Waals surface area contributed by atoms with Crippen molar-refractivity contribution in [1.29, 1.82) is 0 Å². The standard InChI is InChI=1S/C17H35N5O5/c1-8(19)12-4-3-9(20)17(26-12)27-16-10(21)7-11(23)14(15(16)25)22(2)13(24)5-6-18/h8-12,14-17,23,25H,3-7,18-21H2,1-2H3/t8-,9+,10+,11-,12-,14+,15+,16+,17+/m0/s1. The zero-order valence-electron chi connectivity index (χ0n) is 16.1. The maximum Gasteiger partial charge on any atom is 0.224 e. The van der Waals surface area contributed by atoms with Gasteiger partial charge in [0.2, 0.25) is 5.91 Å². The molecule has 0 radical (unpaired) electrons. The largest absolute Gasteiger partial charge is 0.391 e. The van der Waals surface area contributed by atoms with E-state index in [0.29, 0.717) is 6.42 Å². The molecule has 9 atom stereocenters. The van der Waals surface area contributed by atoms with Crippen molar-refractivity contribution in [2.24, 2.45) is 22.9 Å². The molecule has 10 heteroatoms. The van der Waals surface area contributed by atoms with Gasteiger partial charge in [0.1, 0.15) is 12.2 Å². The van der Waals surface area contributed by atoms with Crippen molar-refractivity contribution in [1.82, 2.24) is 4.90 Å². The summed E-state index contributed by atoms with van der Waals surface area (Å²) < 4.78 is 11.8. The van der Waals surface area contributed by atoms with Crippen LogP contribution in [0.2, 0.25) is 0 Å². The van der Waals surface area contributed by atoms with Crippen LogP contribution in [0.25, 0.3) is 0 Å². The summed E-state index contributed by atoms with van der Waals surface area (Å²) in [5.74, 6) is -0.266. The fraction of sp³-hybridized carbons (Fsp3) is 0.941.